The Morgan fingerprint density at radius 3 is 2.25 bits per heavy atom. The molecular weight excluding hydrogens is 304 g/mol. The summed E-state index contributed by atoms with van der Waals surface area (Å²) < 4.78 is 4.85. The van der Waals surface area contributed by atoms with Crippen LogP contribution < -0.4 is 10.6 Å². The summed E-state index contributed by atoms with van der Waals surface area (Å²) in [6, 6.07) is 16.9. The Morgan fingerprint density at radius 2 is 1.62 bits per heavy atom. The number of esters is 1. The van der Waals surface area contributed by atoms with Gasteiger partial charge in [0.25, 0.3) is 0 Å². The fourth-order valence-electron chi connectivity index (χ4n) is 2.82. The van der Waals surface area contributed by atoms with E-state index in [9.17, 15) is 9.59 Å². The second-order valence-corrected chi connectivity index (χ2v) is 5.55. The third-order valence-electron chi connectivity index (χ3n) is 4.03. The minimum absolute atomic E-state index is 0.336. The van der Waals surface area contributed by atoms with Gasteiger partial charge in [0.05, 0.1) is 18.7 Å². The summed E-state index contributed by atoms with van der Waals surface area (Å²) in [7, 11) is 1.33. The molecule has 0 fully saturated rings. The number of hydrogen-bond donors (Lipinski definition) is 2. The van der Waals surface area contributed by atoms with Crippen LogP contribution in [0.4, 0.5) is 4.79 Å². The molecule has 0 bridgehead atoms. The predicted molar refractivity (Wildman–Crippen MR) is 91.0 cm³/mol. The molecule has 3 rings (SSSR count). The van der Waals surface area contributed by atoms with Crippen molar-refractivity contribution in [1.82, 2.24) is 10.6 Å². The molecular formula is C19H18N2O3. The highest BCUT2D eigenvalue weighted by Crippen LogP contribution is 2.29. The smallest absolute Gasteiger partial charge is 0.337 e. The van der Waals surface area contributed by atoms with Gasteiger partial charge in [-0.05, 0) is 23.6 Å². The van der Waals surface area contributed by atoms with Crippen LogP contribution >= 0.6 is 0 Å². The van der Waals surface area contributed by atoms with Crippen molar-refractivity contribution in [2.75, 3.05) is 7.11 Å². The largest absolute Gasteiger partial charge is 0.466 e. The van der Waals surface area contributed by atoms with Crippen LogP contribution in [0.25, 0.3) is 11.1 Å². The number of urea groups is 1. The molecule has 122 valence electrons. The van der Waals surface area contributed by atoms with Crippen LogP contribution in [0.1, 0.15) is 18.5 Å². The first-order chi connectivity index (χ1) is 11.6. The number of nitrogens with one attached hydrogen (secondary N) is 2. The van der Waals surface area contributed by atoms with E-state index in [1.165, 1.54) is 7.11 Å². The molecule has 5 nitrogen and oxygen atoms in total. The molecule has 1 heterocycles. The summed E-state index contributed by atoms with van der Waals surface area (Å²) in [5, 5.41) is 5.39. The lowest BCUT2D eigenvalue weighted by Crippen LogP contribution is -2.45. The van der Waals surface area contributed by atoms with Crippen LogP contribution in [0.5, 0.6) is 0 Å². The van der Waals surface area contributed by atoms with E-state index in [0.29, 0.717) is 11.3 Å². The monoisotopic (exact) mass is 322 g/mol. The van der Waals surface area contributed by atoms with Gasteiger partial charge in [-0.15, -0.1) is 0 Å². The Balaban J connectivity index is 1.96. The van der Waals surface area contributed by atoms with E-state index in [0.717, 1.165) is 16.7 Å². The molecule has 5 heteroatoms. The molecule has 1 aliphatic rings. The number of ether oxygens (including phenoxy) is 1. The van der Waals surface area contributed by atoms with E-state index in [2.05, 4.69) is 10.6 Å². The molecule has 0 saturated carbocycles. The SMILES string of the molecule is COC(=O)C1=C(C)NC(=O)N[C@H]1c1ccc(-c2ccccc2)cc1. The Bertz CT molecular complexity index is 795. The average molecular weight is 322 g/mol. The van der Waals surface area contributed by atoms with Gasteiger partial charge in [0.1, 0.15) is 0 Å². The zero-order chi connectivity index (χ0) is 17.1. The molecule has 0 spiro atoms. The van der Waals surface area contributed by atoms with E-state index in [4.69, 9.17) is 4.74 Å². The number of carbonyl (C=O) groups is 2. The number of methoxy groups -OCH3 is 1. The number of hydrogen-bond acceptors (Lipinski definition) is 3. The Labute approximate surface area is 140 Å². The number of amides is 2. The lowest BCUT2D eigenvalue weighted by Gasteiger charge is -2.27. The maximum atomic E-state index is 12.1. The number of allylic oxidation sites excluding steroid dienone is 1. The van der Waals surface area contributed by atoms with E-state index in [1.807, 2.05) is 54.6 Å². The lowest BCUT2D eigenvalue weighted by molar-refractivity contribution is -0.136. The summed E-state index contributed by atoms with van der Waals surface area (Å²) >= 11 is 0. The van der Waals surface area contributed by atoms with Gasteiger partial charge in [0, 0.05) is 5.70 Å². The fraction of sp³-hybridized carbons (Fsp3) is 0.158. The van der Waals surface area contributed by atoms with Crippen molar-refractivity contribution >= 4 is 12.0 Å². The molecule has 0 saturated heterocycles. The normalized spacial score (nSPS) is 17.1. The highest BCUT2D eigenvalue weighted by molar-refractivity contribution is 5.94. The molecule has 1 aliphatic heterocycles. The highest BCUT2D eigenvalue weighted by Gasteiger charge is 2.31. The second kappa shape index (κ2) is 6.58. The zero-order valence-electron chi connectivity index (χ0n) is 13.5. The molecule has 24 heavy (non-hydrogen) atoms. The quantitative estimate of drug-likeness (QED) is 0.853. The van der Waals surface area contributed by atoms with Crippen molar-refractivity contribution < 1.29 is 14.3 Å². The van der Waals surface area contributed by atoms with Gasteiger partial charge < -0.3 is 15.4 Å². The minimum atomic E-state index is -0.531. The summed E-state index contributed by atoms with van der Waals surface area (Å²) in [5.41, 5.74) is 3.91. The maximum Gasteiger partial charge on any atom is 0.337 e. The van der Waals surface area contributed by atoms with Crippen molar-refractivity contribution in [3.63, 3.8) is 0 Å². The second-order valence-electron chi connectivity index (χ2n) is 5.55. The van der Waals surface area contributed by atoms with Gasteiger partial charge in [-0.2, -0.15) is 0 Å². The molecule has 2 amide bonds. The van der Waals surface area contributed by atoms with Crippen LogP contribution in [0.3, 0.4) is 0 Å². The first-order valence-corrected chi connectivity index (χ1v) is 7.62. The molecule has 0 unspecified atom stereocenters. The maximum absolute atomic E-state index is 12.1. The van der Waals surface area contributed by atoms with Crippen molar-refractivity contribution in [2.24, 2.45) is 0 Å². The number of carbonyl (C=O) groups excluding carboxylic acids is 2. The van der Waals surface area contributed by atoms with E-state index in [-0.39, 0.29) is 6.03 Å². The first kappa shape index (κ1) is 15.8. The van der Waals surface area contributed by atoms with Gasteiger partial charge in [-0.1, -0.05) is 54.6 Å². The highest BCUT2D eigenvalue weighted by atomic mass is 16.5. The fourth-order valence-corrected chi connectivity index (χ4v) is 2.82. The summed E-state index contributed by atoms with van der Waals surface area (Å²) in [5.74, 6) is -0.461. The number of benzene rings is 2. The minimum Gasteiger partial charge on any atom is -0.466 e. The van der Waals surface area contributed by atoms with E-state index in [1.54, 1.807) is 6.92 Å². The predicted octanol–water partition coefficient (Wildman–Crippen LogP) is 3.15. The Hall–Kier alpha value is -3.08. The topological polar surface area (TPSA) is 67.4 Å². The van der Waals surface area contributed by atoms with Crippen LogP contribution in [0.15, 0.2) is 65.9 Å². The van der Waals surface area contributed by atoms with Gasteiger partial charge in [0.15, 0.2) is 0 Å². The average Bonchev–Trinajstić information content (AvgIpc) is 2.61. The molecule has 0 aromatic heterocycles. The van der Waals surface area contributed by atoms with Gasteiger partial charge in [-0.25, -0.2) is 9.59 Å². The van der Waals surface area contributed by atoms with Crippen molar-refractivity contribution in [3.8, 4) is 11.1 Å². The molecule has 2 N–H and O–H groups in total. The molecule has 1 atom stereocenters. The van der Waals surface area contributed by atoms with Gasteiger partial charge >= 0.3 is 12.0 Å². The molecule has 2 aromatic carbocycles. The van der Waals surface area contributed by atoms with Gasteiger partial charge in [0.2, 0.25) is 0 Å². The third kappa shape index (κ3) is 3.01. The van der Waals surface area contributed by atoms with Crippen LogP contribution in [-0.2, 0) is 9.53 Å². The van der Waals surface area contributed by atoms with Crippen LogP contribution in [0, 0.1) is 0 Å². The number of rotatable bonds is 3. The summed E-state index contributed by atoms with van der Waals surface area (Å²) in [6.45, 7) is 1.69. The standard InChI is InChI=1S/C19H18N2O3/c1-12-16(18(22)24-2)17(21-19(23)20-12)15-10-8-14(9-11-15)13-6-4-3-5-7-13/h3-11,17H,1-2H3,(H2,20,21,23)/t17-/m0/s1. The Morgan fingerprint density at radius 1 is 1.00 bits per heavy atom. The summed E-state index contributed by atoms with van der Waals surface area (Å²) in [6.07, 6.45) is 0. The lowest BCUT2D eigenvalue weighted by atomic mass is 9.94. The molecule has 2 aromatic rings. The van der Waals surface area contributed by atoms with Gasteiger partial charge in [-0.3, -0.25) is 0 Å². The zero-order valence-corrected chi connectivity index (χ0v) is 13.5. The van der Waals surface area contributed by atoms with Crippen molar-refractivity contribution in [2.45, 2.75) is 13.0 Å². The first-order valence-electron chi connectivity index (χ1n) is 7.62. The van der Waals surface area contributed by atoms with Crippen molar-refractivity contribution in [3.05, 3.63) is 71.4 Å². The van der Waals surface area contributed by atoms with Crippen LogP contribution in [0.2, 0.25) is 0 Å². The third-order valence-corrected chi connectivity index (χ3v) is 4.03. The van der Waals surface area contributed by atoms with Crippen LogP contribution in [-0.4, -0.2) is 19.1 Å². The van der Waals surface area contributed by atoms with E-state index < -0.39 is 12.0 Å². The van der Waals surface area contributed by atoms with Crippen molar-refractivity contribution in [1.29, 1.82) is 0 Å². The summed E-state index contributed by atoms with van der Waals surface area (Å²) in [4.78, 5) is 23.9. The molecule has 0 aliphatic carbocycles. The Kier molecular flexibility index (Phi) is 4.33. The van der Waals surface area contributed by atoms with E-state index >= 15 is 0 Å². The molecule has 0 radical (unpaired) electrons.